The SMILES string of the molecule is COCCOC1C(O)C(CO)OC1n1cnc2c(=O)[nH]c(N)nc21. The van der Waals surface area contributed by atoms with Crippen LogP contribution >= 0.6 is 0 Å². The molecule has 2 aromatic rings. The maximum absolute atomic E-state index is 11.9. The molecule has 1 aliphatic rings. The standard InChI is InChI=1S/C13H19N5O6/c1-22-2-3-23-9-8(20)6(4-19)24-12(9)18-5-15-7-10(18)16-13(14)17-11(7)21/h5-6,8-9,12,19-20H,2-4H2,1H3,(H3,14,16,17,21). The number of nitrogen functional groups attached to an aromatic ring is 1. The van der Waals surface area contributed by atoms with Gasteiger partial charge in [-0.25, -0.2) is 4.98 Å². The predicted octanol–water partition coefficient (Wildman–Crippen LogP) is -2.02. The number of aliphatic hydroxyl groups excluding tert-OH is 2. The monoisotopic (exact) mass is 341 g/mol. The van der Waals surface area contributed by atoms with Crippen molar-refractivity contribution in [1.29, 1.82) is 0 Å². The van der Waals surface area contributed by atoms with E-state index in [1.807, 2.05) is 0 Å². The number of hydrogen-bond donors (Lipinski definition) is 4. The van der Waals surface area contributed by atoms with E-state index in [0.717, 1.165) is 0 Å². The number of aliphatic hydroxyl groups is 2. The van der Waals surface area contributed by atoms with E-state index in [4.69, 9.17) is 19.9 Å². The van der Waals surface area contributed by atoms with Crippen molar-refractivity contribution in [2.24, 2.45) is 0 Å². The second-order valence-electron chi connectivity index (χ2n) is 5.34. The molecule has 24 heavy (non-hydrogen) atoms. The lowest BCUT2D eigenvalue weighted by atomic mass is 10.1. The fraction of sp³-hybridized carbons (Fsp3) is 0.615. The summed E-state index contributed by atoms with van der Waals surface area (Å²) in [6.45, 7) is 0.166. The lowest BCUT2D eigenvalue weighted by molar-refractivity contribution is -0.0785. The summed E-state index contributed by atoms with van der Waals surface area (Å²) in [5.41, 5.74) is 5.39. The van der Waals surface area contributed by atoms with Gasteiger partial charge in [-0.2, -0.15) is 4.98 Å². The lowest BCUT2D eigenvalue weighted by Gasteiger charge is -2.21. The Bertz CT molecular complexity index is 761. The minimum Gasteiger partial charge on any atom is -0.394 e. The van der Waals surface area contributed by atoms with Gasteiger partial charge in [0.2, 0.25) is 5.95 Å². The highest BCUT2D eigenvalue weighted by atomic mass is 16.6. The summed E-state index contributed by atoms with van der Waals surface area (Å²) in [4.78, 5) is 22.3. The van der Waals surface area contributed by atoms with Crippen molar-refractivity contribution in [3.8, 4) is 0 Å². The maximum atomic E-state index is 11.9. The zero-order valence-corrected chi connectivity index (χ0v) is 13.0. The average molecular weight is 341 g/mol. The Balaban J connectivity index is 1.97. The van der Waals surface area contributed by atoms with Gasteiger partial charge in [0.15, 0.2) is 17.4 Å². The number of nitrogens with one attached hydrogen (secondary N) is 1. The van der Waals surface area contributed by atoms with E-state index in [-0.39, 0.29) is 30.3 Å². The number of anilines is 1. The third kappa shape index (κ3) is 2.87. The lowest BCUT2D eigenvalue weighted by Crippen LogP contribution is -2.36. The fourth-order valence-corrected chi connectivity index (χ4v) is 2.67. The molecule has 0 saturated carbocycles. The van der Waals surface area contributed by atoms with Crippen molar-refractivity contribution in [2.45, 2.75) is 24.5 Å². The smallest absolute Gasteiger partial charge is 0.280 e. The molecule has 1 saturated heterocycles. The van der Waals surface area contributed by atoms with Crippen LogP contribution in [0, 0.1) is 0 Å². The van der Waals surface area contributed by atoms with Gasteiger partial charge in [-0.1, -0.05) is 0 Å². The number of aromatic amines is 1. The van der Waals surface area contributed by atoms with Gasteiger partial charge < -0.3 is 30.2 Å². The highest BCUT2D eigenvalue weighted by molar-refractivity contribution is 5.70. The second-order valence-corrected chi connectivity index (χ2v) is 5.34. The number of H-pyrrole nitrogens is 1. The molecule has 0 bridgehead atoms. The van der Waals surface area contributed by atoms with Crippen LogP contribution in [0.15, 0.2) is 11.1 Å². The first-order valence-corrected chi connectivity index (χ1v) is 7.34. The van der Waals surface area contributed by atoms with E-state index < -0.39 is 30.1 Å². The molecule has 4 atom stereocenters. The molecular weight excluding hydrogens is 322 g/mol. The normalized spacial score (nSPS) is 27.1. The number of nitrogens with two attached hydrogens (primary N) is 1. The van der Waals surface area contributed by atoms with Gasteiger partial charge in [-0.15, -0.1) is 0 Å². The molecule has 1 aliphatic heterocycles. The third-order valence-corrected chi connectivity index (χ3v) is 3.82. The molecule has 1 fully saturated rings. The number of ether oxygens (including phenoxy) is 3. The van der Waals surface area contributed by atoms with Crippen LogP contribution in [0.25, 0.3) is 11.2 Å². The minimum absolute atomic E-state index is 0.0663. The van der Waals surface area contributed by atoms with E-state index >= 15 is 0 Å². The van der Waals surface area contributed by atoms with Crippen LogP contribution in [-0.4, -0.2) is 75.0 Å². The van der Waals surface area contributed by atoms with Gasteiger partial charge in [-0.3, -0.25) is 14.3 Å². The Kier molecular flexibility index (Phi) is 4.78. The summed E-state index contributed by atoms with van der Waals surface area (Å²) in [6.07, 6.45) is -2.16. The summed E-state index contributed by atoms with van der Waals surface area (Å²) in [7, 11) is 1.53. The van der Waals surface area contributed by atoms with Crippen LogP contribution in [0.5, 0.6) is 0 Å². The quantitative estimate of drug-likeness (QED) is 0.435. The van der Waals surface area contributed by atoms with Crippen LogP contribution in [-0.2, 0) is 14.2 Å². The molecule has 0 aromatic carbocycles. The Morgan fingerprint density at radius 1 is 1.50 bits per heavy atom. The molecule has 11 nitrogen and oxygen atoms in total. The zero-order chi connectivity index (χ0) is 17.3. The number of rotatable bonds is 6. The maximum Gasteiger partial charge on any atom is 0.280 e. The molecule has 0 aliphatic carbocycles. The molecule has 4 unspecified atom stereocenters. The highest BCUT2D eigenvalue weighted by Crippen LogP contribution is 2.33. The Morgan fingerprint density at radius 3 is 3.00 bits per heavy atom. The van der Waals surface area contributed by atoms with Gasteiger partial charge in [0.05, 0.1) is 26.1 Å². The van der Waals surface area contributed by atoms with Crippen molar-refractivity contribution in [3.05, 3.63) is 16.7 Å². The first-order valence-electron chi connectivity index (χ1n) is 7.34. The number of nitrogens with zero attached hydrogens (tertiary/aromatic N) is 3. The number of hydrogen-bond acceptors (Lipinski definition) is 9. The van der Waals surface area contributed by atoms with E-state index in [2.05, 4.69) is 15.0 Å². The van der Waals surface area contributed by atoms with Crippen molar-refractivity contribution < 1.29 is 24.4 Å². The average Bonchev–Trinajstić information content (AvgIpc) is 3.09. The van der Waals surface area contributed by atoms with Gasteiger partial charge >= 0.3 is 0 Å². The number of methoxy groups -OCH3 is 1. The van der Waals surface area contributed by atoms with Crippen LogP contribution < -0.4 is 11.3 Å². The largest absolute Gasteiger partial charge is 0.394 e. The minimum atomic E-state index is -1.06. The zero-order valence-electron chi connectivity index (χ0n) is 13.0. The third-order valence-electron chi connectivity index (χ3n) is 3.82. The predicted molar refractivity (Wildman–Crippen MR) is 81.2 cm³/mol. The molecule has 0 spiro atoms. The first-order chi connectivity index (χ1) is 11.6. The van der Waals surface area contributed by atoms with Crippen LogP contribution in [0.1, 0.15) is 6.23 Å². The van der Waals surface area contributed by atoms with E-state index in [1.54, 1.807) is 0 Å². The van der Waals surface area contributed by atoms with Crippen LogP contribution in [0.3, 0.4) is 0 Å². The molecule has 2 aromatic heterocycles. The fourth-order valence-electron chi connectivity index (χ4n) is 2.67. The van der Waals surface area contributed by atoms with Crippen molar-refractivity contribution >= 4 is 17.1 Å². The molecule has 0 amide bonds. The molecular formula is C13H19N5O6. The summed E-state index contributed by atoms with van der Waals surface area (Å²) in [5, 5.41) is 19.7. The van der Waals surface area contributed by atoms with Crippen molar-refractivity contribution in [1.82, 2.24) is 19.5 Å². The topological polar surface area (TPSA) is 158 Å². The van der Waals surface area contributed by atoms with Crippen molar-refractivity contribution in [2.75, 3.05) is 32.7 Å². The van der Waals surface area contributed by atoms with E-state index in [0.29, 0.717) is 6.61 Å². The molecule has 0 radical (unpaired) electrons. The molecule has 5 N–H and O–H groups in total. The van der Waals surface area contributed by atoms with Crippen LogP contribution in [0.2, 0.25) is 0 Å². The van der Waals surface area contributed by atoms with E-state index in [1.165, 1.54) is 18.0 Å². The number of fused-ring (bicyclic) bond motifs is 1. The van der Waals surface area contributed by atoms with Gasteiger partial charge in [0, 0.05) is 7.11 Å². The van der Waals surface area contributed by atoms with Gasteiger partial charge in [0.1, 0.15) is 18.3 Å². The summed E-state index contributed by atoms with van der Waals surface area (Å²) >= 11 is 0. The Hall–Kier alpha value is -2.05. The van der Waals surface area contributed by atoms with Gasteiger partial charge in [-0.05, 0) is 0 Å². The summed E-state index contributed by atoms with van der Waals surface area (Å²) in [5.74, 6) is -0.0663. The second kappa shape index (κ2) is 6.83. The highest BCUT2D eigenvalue weighted by Gasteiger charge is 2.45. The Labute approximate surface area is 136 Å². The molecule has 3 rings (SSSR count). The Morgan fingerprint density at radius 2 is 2.29 bits per heavy atom. The number of aromatic nitrogens is 4. The molecule has 132 valence electrons. The van der Waals surface area contributed by atoms with E-state index in [9.17, 15) is 15.0 Å². The number of imidazole rings is 1. The molecule has 3 heterocycles. The summed E-state index contributed by atoms with van der Waals surface area (Å²) in [6, 6.07) is 0. The van der Waals surface area contributed by atoms with Crippen molar-refractivity contribution in [3.63, 3.8) is 0 Å². The van der Waals surface area contributed by atoms with Gasteiger partial charge in [0.25, 0.3) is 5.56 Å². The molecule has 11 heteroatoms. The first kappa shape index (κ1) is 16.8. The van der Waals surface area contributed by atoms with Crippen LogP contribution in [0.4, 0.5) is 5.95 Å². The summed E-state index contributed by atoms with van der Waals surface area (Å²) < 4.78 is 17.7.